The van der Waals surface area contributed by atoms with Crippen molar-refractivity contribution in [3.8, 4) is 0 Å². The fourth-order valence-corrected chi connectivity index (χ4v) is 13.1. The number of ether oxygens (including phenoxy) is 1. The Morgan fingerprint density at radius 1 is 0.839 bits per heavy atom. The molecular formula is C49H86O5Si2. The van der Waals surface area contributed by atoms with Crippen LogP contribution >= 0.6 is 0 Å². The van der Waals surface area contributed by atoms with Crippen LogP contribution < -0.4 is 0 Å². The van der Waals surface area contributed by atoms with E-state index in [0.717, 1.165) is 76.2 Å². The molecule has 0 radical (unpaired) electrons. The first-order chi connectivity index (χ1) is 25.8. The van der Waals surface area contributed by atoms with Crippen molar-refractivity contribution in [1.29, 1.82) is 0 Å². The number of fused-ring (bicyclic) bond motifs is 1. The van der Waals surface area contributed by atoms with Crippen LogP contribution in [0.4, 0.5) is 0 Å². The van der Waals surface area contributed by atoms with E-state index in [1.165, 1.54) is 51.0 Å². The Hall–Kier alpha value is -1.29. The van der Waals surface area contributed by atoms with Crippen LogP contribution in [0.15, 0.2) is 35.5 Å². The number of carbonyl (C=O) groups excluding carboxylic acids is 2. The Morgan fingerprint density at radius 3 is 1.96 bits per heavy atom. The minimum Gasteiger partial charge on any atom is -0.462 e. The second kappa shape index (κ2) is 18.1. The first-order valence-corrected chi connectivity index (χ1v) is 28.9. The van der Waals surface area contributed by atoms with Crippen molar-refractivity contribution in [1.82, 2.24) is 0 Å². The summed E-state index contributed by atoms with van der Waals surface area (Å²) >= 11 is 0. The Kier molecular flexibility index (Phi) is 15.3. The molecule has 0 bridgehead atoms. The number of esters is 1. The van der Waals surface area contributed by atoms with Crippen molar-refractivity contribution in [3.05, 3.63) is 35.5 Å². The molecule has 320 valence electrons. The summed E-state index contributed by atoms with van der Waals surface area (Å²) in [6.45, 7) is 36.6. The number of allylic oxidation sites excluding steroid dienone is 3. The van der Waals surface area contributed by atoms with Crippen molar-refractivity contribution in [2.75, 3.05) is 0 Å². The number of carbonyl (C=O) groups is 2. The van der Waals surface area contributed by atoms with Crippen molar-refractivity contribution in [2.45, 2.75) is 233 Å². The molecule has 4 rings (SSSR count). The highest BCUT2D eigenvalue weighted by molar-refractivity contribution is 6.75. The summed E-state index contributed by atoms with van der Waals surface area (Å²) in [6, 6.07) is 0. The first-order valence-electron chi connectivity index (χ1n) is 23.0. The lowest BCUT2D eigenvalue weighted by Crippen LogP contribution is -2.58. The zero-order valence-corrected chi connectivity index (χ0v) is 40.9. The summed E-state index contributed by atoms with van der Waals surface area (Å²) in [4.78, 5) is 26.5. The van der Waals surface area contributed by atoms with E-state index in [1.54, 1.807) is 5.57 Å². The van der Waals surface area contributed by atoms with Crippen LogP contribution in [-0.2, 0) is 23.2 Å². The number of unbranched alkanes of at least 4 members (excludes halogenated alkanes) is 5. The third-order valence-electron chi connectivity index (χ3n) is 16.2. The van der Waals surface area contributed by atoms with E-state index < -0.39 is 22.4 Å². The predicted molar refractivity (Wildman–Crippen MR) is 241 cm³/mol. The lowest BCUT2D eigenvalue weighted by Gasteiger charge is -2.53. The molecule has 4 aliphatic rings. The third-order valence-corrected chi connectivity index (χ3v) is 25.1. The maximum absolute atomic E-state index is 14.0. The molecule has 0 saturated heterocycles. The minimum atomic E-state index is -2.20. The molecule has 0 aliphatic heterocycles. The summed E-state index contributed by atoms with van der Waals surface area (Å²) in [5, 5.41) is 0.107. The molecule has 0 aromatic heterocycles. The molecule has 1 unspecified atom stereocenters. The van der Waals surface area contributed by atoms with Gasteiger partial charge in [0.05, 0.1) is 0 Å². The number of hydrogen-bond donors (Lipinski definition) is 0. The SMILES string of the molecule is C=C1C(=CC=C2CCC[C@]3(C)[C@@H]([C@H](C)C(CC(=O)C4(CCCCCCCC)CC4)OC(C)=O)CC[C@@H]23)CCCC1(O[Si](C)(C)C(C)(C)C)O[Si](C)(C)C(C)(C)C. The minimum absolute atomic E-state index is 0.0533. The molecule has 0 heterocycles. The number of Topliss-reactive ketones (excluding diaryl/α,β-unsaturated/α-hetero) is 1. The maximum Gasteiger partial charge on any atom is 0.302 e. The van der Waals surface area contributed by atoms with Gasteiger partial charge in [-0.2, -0.15) is 0 Å². The normalized spacial score (nSPS) is 27.9. The molecule has 0 spiro atoms. The van der Waals surface area contributed by atoms with E-state index in [4.69, 9.17) is 20.2 Å². The predicted octanol–water partition coefficient (Wildman–Crippen LogP) is 14.6. The van der Waals surface area contributed by atoms with Crippen LogP contribution in [-0.4, -0.2) is 40.3 Å². The third kappa shape index (κ3) is 10.7. The highest BCUT2D eigenvalue weighted by Crippen LogP contribution is 2.61. The van der Waals surface area contributed by atoms with Gasteiger partial charge in [0.1, 0.15) is 11.9 Å². The number of hydrogen-bond acceptors (Lipinski definition) is 5. The van der Waals surface area contributed by atoms with Gasteiger partial charge in [0.25, 0.3) is 0 Å². The summed E-state index contributed by atoms with van der Waals surface area (Å²) in [7, 11) is -4.41. The highest BCUT2D eigenvalue weighted by atomic mass is 28.4. The molecule has 4 fully saturated rings. The molecule has 56 heavy (non-hydrogen) atoms. The van der Waals surface area contributed by atoms with Gasteiger partial charge in [-0.05, 0) is 129 Å². The van der Waals surface area contributed by atoms with Crippen molar-refractivity contribution < 1.29 is 23.2 Å². The van der Waals surface area contributed by atoms with Crippen molar-refractivity contribution in [2.24, 2.45) is 28.6 Å². The molecule has 7 heteroatoms. The molecule has 5 nitrogen and oxygen atoms in total. The van der Waals surface area contributed by atoms with E-state index in [1.807, 2.05) is 0 Å². The maximum atomic E-state index is 14.0. The van der Waals surface area contributed by atoms with Gasteiger partial charge >= 0.3 is 5.97 Å². The molecule has 0 aromatic rings. The number of ketones is 1. The van der Waals surface area contributed by atoms with E-state index in [-0.39, 0.29) is 38.9 Å². The smallest absolute Gasteiger partial charge is 0.302 e. The topological polar surface area (TPSA) is 61.8 Å². The van der Waals surface area contributed by atoms with Crippen LogP contribution in [0.3, 0.4) is 0 Å². The van der Waals surface area contributed by atoms with Gasteiger partial charge in [-0.1, -0.05) is 125 Å². The van der Waals surface area contributed by atoms with Crippen LogP contribution in [0.2, 0.25) is 36.3 Å². The quantitative estimate of drug-likeness (QED) is 0.0597. The Morgan fingerprint density at radius 2 is 1.41 bits per heavy atom. The van der Waals surface area contributed by atoms with Gasteiger partial charge in [-0.3, -0.25) is 9.59 Å². The highest BCUT2D eigenvalue weighted by Gasteiger charge is 2.55. The van der Waals surface area contributed by atoms with E-state index >= 15 is 0 Å². The van der Waals surface area contributed by atoms with Gasteiger partial charge in [-0.25, -0.2) is 0 Å². The summed E-state index contributed by atoms with van der Waals surface area (Å²) in [6.07, 6.45) is 24.0. The van der Waals surface area contributed by atoms with Crippen LogP contribution in [0.25, 0.3) is 0 Å². The first kappa shape index (κ1) is 47.4. The molecule has 4 saturated carbocycles. The molecular weight excluding hydrogens is 725 g/mol. The second-order valence-corrected chi connectivity index (χ2v) is 31.7. The second-order valence-electron chi connectivity index (χ2n) is 22.3. The molecule has 0 amide bonds. The molecule has 0 N–H and O–H groups in total. The molecule has 0 aromatic carbocycles. The van der Waals surface area contributed by atoms with E-state index in [0.29, 0.717) is 24.0 Å². The van der Waals surface area contributed by atoms with Gasteiger partial charge in [0.2, 0.25) is 0 Å². The monoisotopic (exact) mass is 811 g/mol. The van der Waals surface area contributed by atoms with Crippen LogP contribution in [0, 0.1) is 28.6 Å². The van der Waals surface area contributed by atoms with Crippen LogP contribution in [0.1, 0.15) is 185 Å². The molecule has 5 atom stereocenters. The van der Waals surface area contributed by atoms with Crippen molar-refractivity contribution in [3.63, 3.8) is 0 Å². The lowest BCUT2D eigenvalue weighted by atomic mass is 9.60. The average molecular weight is 811 g/mol. The van der Waals surface area contributed by atoms with Crippen LogP contribution in [0.5, 0.6) is 0 Å². The van der Waals surface area contributed by atoms with Gasteiger partial charge in [0, 0.05) is 30.8 Å². The van der Waals surface area contributed by atoms with E-state index in [9.17, 15) is 9.59 Å². The van der Waals surface area contributed by atoms with E-state index in [2.05, 4.69) is 101 Å². The summed E-state index contributed by atoms with van der Waals surface area (Å²) in [5.74, 6) is 0.330. The molecule has 4 aliphatic carbocycles. The van der Waals surface area contributed by atoms with Gasteiger partial charge in [0.15, 0.2) is 22.4 Å². The lowest BCUT2D eigenvalue weighted by molar-refractivity contribution is -0.153. The van der Waals surface area contributed by atoms with Crippen molar-refractivity contribution >= 4 is 28.4 Å². The fraction of sp³-hybridized carbons (Fsp3) is 0.837. The Balaban J connectivity index is 1.55. The largest absolute Gasteiger partial charge is 0.462 e. The Labute approximate surface area is 347 Å². The number of rotatable bonds is 18. The van der Waals surface area contributed by atoms with Gasteiger partial charge < -0.3 is 13.6 Å². The summed E-state index contributed by atoms with van der Waals surface area (Å²) < 4.78 is 20.9. The standard InChI is InChI=1S/C49H86O5Si2/c1-16-17-18-19-20-21-31-48(33-34-48)44(51)35-43(52-38(4)50)36(2)41-28-29-42-40(25-22-30-47(41,42)11)27-26-39-24-23-32-49(37(39)3,53-55(12,13)45(5,6)7)54-56(14,15)46(8,9)10/h26-27,36,41-43H,3,16-25,28-35H2,1-2,4-15H3/t36-,41+,42-,43?,47+/m0/s1. The zero-order valence-electron chi connectivity index (χ0n) is 38.9. The Bertz CT molecular complexity index is 1420. The average Bonchev–Trinajstić information content (AvgIpc) is 3.78. The summed E-state index contributed by atoms with van der Waals surface area (Å²) in [5.41, 5.74) is 3.82. The fourth-order valence-electron chi connectivity index (χ4n) is 10.2. The zero-order chi connectivity index (χ0) is 42.0. The van der Waals surface area contributed by atoms with Gasteiger partial charge in [-0.15, -0.1) is 0 Å².